The van der Waals surface area contributed by atoms with Crippen LogP contribution in [0.1, 0.15) is 32.1 Å². The van der Waals surface area contributed by atoms with E-state index in [1.165, 1.54) is 61.6 Å². The summed E-state index contributed by atoms with van der Waals surface area (Å²) in [6.07, 6.45) is 5.25. The summed E-state index contributed by atoms with van der Waals surface area (Å²) < 4.78 is 40.4. The second-order valence-electron chi connectivity index (χ2n) is 9.79. The van der Waals surface area contributed by atoms with Crippen molar-refractivity contribution in [1.29, 1.82) is 0 Å². The molecule has 1 aliphatic rings. The van der Waals surface area contributed by atoms with Gasteiger partial charge in [-0.2, -0.15) is 0 Å². The minimum absolute atomic E-state index is 0.00186. The lowest BCUT2D eigenvalue weighted by Gasteiger charge is -2.22. The minimum Gasteiger partial charge on any atom is -0.493 e. The second-order valence-corrected chi connectivity index (χ2v) is 12.8. The molecular weight excluding hydrogens is 616 g/mol. The third-order valence-corrected chi connectivity index (χ3v) is 9.43. The van der Waals surface area contributed by atoms with Crippen LogP contribution in [-0.4, -0.2) is 60.1 Å². The summed E-state index contributed by atoms with van der Waals surface area (Å²) in [5.41, 5.74) is 0.294. The number of amides is 1. The summed E-state index contributed by atoms with van der Waals surface area (Å²) in [6.45, 7) is 0. The van der Waals surface area contributed by atoms with Crippen LogP contribution in [-0.2, 0) is 14.8 Å². The van der Waals surface area contributed by atoms with Crippen molar-refractivity contribution < 1.29 is 22.7 Å². The number of anilines is 1. The molecule has 0 spiro atoms. The number of sulfonamides is 1. The first-order chi connectivity index (χ1) is 20.7. The number of thioether (sulfide) groups is 1. The van der Waals surface area contributed by atoms with Crippen molar-refractivity contribution in [1.82, 2.24) is 25.1 Å². The number of nitrogens with zero attached hydrogens (tertiary/aromatic N) is 4. The first-order valence-electron chi connectivity index (χ1n) is 13.4. The Balaban J connectivity index is 1.49. The SMILES string of the molecule is COc1cc2nc(SCC(=O)NC3CCCCC3)n(-c3ccc(S(=O)(=O)Nc4ccc(Cl)nn4)cc3)c(=O)c2cc1OC. The molecule has 1 aliphatic carbocycles. The molecule has 0 aliphatic heterocycles. The number of carbonyl (C=O) groups is 1. The van der Waals surface area contributed by atoms with Crippen LogP contribution in [0.2, 0.25) is 5.15 Å². The molecule has 1 fully saturated rings. The smallest absolute Gasteiger partial charge is 0.266 e. The van der Waals surface area contributed by atoms with Gasteiger partial charge in [0.25, 0.3) is 15.6 Å². The lowest BCUT2D eigenvalue weighted by Crippen LogP contribution is -2.37. The molecule has 226 valence electrons. The first kappa shape index (κ1) is 30.6. The quantitative estimate of drug-likeness (QED) is 0.190. The molecule has 2 aromatic heterocycles. The van der Waals surface area contributed by atoms with Crippen molar-refractivity contribution in [2.45, 2.75) is 48.2 Å². The summed E-state index contributed by atoms with van der Waals surface area (Å²) in [6, 6.07) is 11.8. The first-order valence-corrected chi connectivity index (χ1v) is 16.3. The number of hydrogen-bond donors (Lipinski definition) is 2. The van der Waals surface area contributed by atoms with Gasteiger partial charge in [0.05, 0.1) is 41.5 Å². The molecule has 0 bridgehead atoms. The van der Waals surface area contributed by atoms with Gasteiger partial charge in [0.15, 0.2) is 27.6 Å². The fourth-order valence-electron chi connectivity index (χ4n) is 4.80. The Bertz CT molecular complexity index is 1790. The van der Waals surface area contributed by atoms with Gasteiger partial charge in [0, 0.05) is 12.1 Å². The van der Waals surface area contributed by atoms with Crippen LogP contribution in [0.4, 0.5) is 5.82 Å². The average molecular weight is 645 g/mol. The fourth-order valence-corrected chi connectivity index (χ4v) is 6.73. The molecule has 2 heterocycles. The molecule has 0 radical (unpaired) electrons. The van der Waals surface area contributed by atoms with E-state index in [-0.39, 0.29) is 44.1 Å². The number of fused-ring (bicyclic) bond motifs is 1. The van der Waals surface area contributed by atoms with E-state index < -0.39 is 15.6 Å². The summed E-state index contributed by atoms with van der Waals surface area (Å²) in [5.74, 6) is 0.643. The van der Waals surface area contributed by atoms with E-state index in [1.807, 2.05) is 0 Å². The number of aromatic nitrogens is 4. The Hall–Kier alpha value is -3.88. The normalized spacial score (nSPS) is 13.9. The van der Waals surface area contributed by atoms with E-state index >= 15 is 0 Å². The van der Waals surface area contributed by atoms with Gasteiger partial charge in [-0.1, -0.05) is 42.6 Å². The van der Waals surface area contributed by atoms with Crippen molar-refractivity contribution in [3.8, 4) is 17.2 Å². The number of ether oxygens (including phenoxy) is 2. The zero-order chi connectivity index (χ0) is 30.6. The zero-order valence-corrected chi connectivity index (χ0v) is 25.8. The lowest BCUT2D eigenvalue weighted by molar-refractivity contribution is -0.119. The molecule has 15 heteroatoms. The summed E-state index contributed by atoms with van der Waals surface area (Å²) in [4.78, 5) is 31.3. The van der Waals surface area contributed by atoms with Gasteiger partial charge in [-0.25, -0.2) is 13.4 Å². The third-order valence-electron chi connectivity index (χ3n) is 6.92. The highest BCUT2D eigenvalue weighted by Gasteiger charge is 2.21. The fraction of sp³-hybridized carbons (Fsp3) is 0.321. The van der Waals surface area contributed by atoms with Crippen LogP contribution in [0.15, 0.2) is 63.4 Å². The standard InChI is InChI=1S/C28H29ClN6O6S2/c1-40-22-14-20-21(15-23(22)41-2)31-28(42-16-26(36)30-17-6-4-3-5-7-17)35(27(20)37)18-8-10-19(11-9-18)43(38,39)34-25-13-12-24(29)32-33-25/h8-15,17H,3-7,16H2,1-2H3,(H,30,36)(H,33,34). The van der Waals surface area contributed by atoms with E-state index in [0.717, 1.165) is 37.4 Å². The van der Waals surface area contributed by atoms with Gasteiger partial charge < -0.3 is 14.8 Å². The molecule has 0 unspecified atom stereocenters. The molecule has 5 rings (SSSR count). The van der Waals surface area contributed by atoms with E-state index in [0.29, 0.717) is 22.7 Å². The number of hydrogen-bond acceptors (Lipinski definition) is 10. The predicted molar refractivity (Wildman–Crippen MR) is 164 cm³/mol. The summed E-state index contributed by atoms with van der Waals surface area (Å²) in [7, 11) is -1.07. The number of rotatable bonds is 10. The Kier molecular flexibility index (Phi) is 9.37. The average Bonchev–Trinajstić information content (AvgIpc) is 3.01. The maximum atomic E-state index is 13.9. The van der Waals surface area contributed by atoms with Crippen molar-refractivity contribution in [3.63, 3.8) is 0 Å². The third kappa shape index (κ3) is 7.03. The molecule has 2 aromatic carbocycles. The Morgan fingerprint density at radius 2 is 1.72 bits per heavy atom. The molecule has 0 atom stereocenters. The summed E-state index contributed by atoms with van der Waals surface area (Å²) >= 11 is 6.85. The van der Waals surface area contributed by atoms with Gasteiger partial charge >= 0.3 is 0 Å². The number of methoxy groups -OCH3 is 2. The highest BCUT2D eigenvalue weighted by molar-refractivity contribution is 7.99. The molecule has 0 saturated heterocycles. The van der Waals surface area contributed by atoms with Crippen LogP contribution >= 0.6 is 23.4 Å². The van der Waals surface area contributed by atoms with Gasteiger partial charge in [-0.3, -0.25) is 18.9 Å². The molecule has 43 heavy (non-hydrogen) atoms. The van der Waals surface area contributed by atoms with E-state index in [2.05, 4.69) is 20.2 Å². The van der Waals surface area contributed by atoms with Crippen molar-refractivity contribution in [2.75, 3.05) is 24.7 Å². The molecule has 4 aromatic rings. The van der Waals surface area contributed by atoms with E-state index in [1.54, 1.807) is 12.1 Å². The van der Waals surface area contributed by atoms with Crippen LogP contribution in [0, 0.1) is 0 Å². The van der Waals surface area contributed by atoms with Crippen LogP contribution < -0.4 is 25.1 Å². The van der Waals surface area contributed by atoms with Gasteiger partial charge in [0.2, 0.25) is 5.91 Å². The van der Waals surface area contributed by atoms with Gasteiger partial charge in [0.1, 0.15) is 0 Å². The van der Waals surface area contributed by atoms with Crippen LogP contribution in [0.25, 0.3) is 16.6 Å². The van der Waals surface area contributed by atoms with Crippen LogP contribution in [0.3, 0.4) is 0 Å². The number of nitrogens with one attached hydrogen (secondary N) is 2. The zero-order valence-electron chi connectivity index (χ0n) is 23.4. The maximum absolute atomic E-state index is 13.9. The second kappa shape index (κ2) is 13.2. The summed E-state index contributed by atoms with van der Waals surface area (Å²) in [5, 5.41) is 11.1. The topological polar surface area (TPSA) is 154 Å². The molecule has 1 saturated carbocycles. The lowest BCUT2D eigenvalue weighted by atomic mass is 9.95. The molecule has 2 N–H and O–H groups in total. The highest BCUT2D eigenvalue weighted by Crippen LogP contribution is 2.32. The predicted octanol–water partition coefficient (Wildman–Crippen LogP) is 4.19. The number of benzene rings is 2. The molecular formula is C28H29ClN6O6S2. The number of carbonyl (C=O) groups excluding carboxylic acids is 1. The molecule has 12 nitrogen and oxygen atoms in total. The van der Waals surface area contributed by atoms with Gasteiger partial charge in [-0.15, -0.1) is 10.2 Å². The van der Waals surface area contributed by atoms with E-state index in [4.69, 9.17) is 26.1 Å². The molecule has 1 amide bonds. The van der Waals surface area contributed by atoms with Crippen molar-refractivity contribution in [3.05, 3.63) is 64.0 Å². The van der Waals surface area contributed by atoms with Crippen molar-refractivity contribution >= 4 is 56.0 Å². The Labute approximate surface area is 257 Å². The minimum atomic E-state index is -4.02. The van der Waals surface area contributed by atoms with Crippen molar-refractivity contribution in [2.24, 2.45) is 0 Å². The highest BCUT2D eigenvalue weighted by atomic mass is 35.5. The van der Waals surface area contributed by atoms with E-state index in [9.17, 15) is 18.0 Å². The van der Waals surface area contributed by atoms with Gasteiger partial charge in [-0.05, 0) is 55.3 Å². The Morgan fingerprint density at radius 1 is 1.02 bits per heavy atom. The maximum Gasteiger partial charge on any atom is 0.266 e. The number of halogens is 1. The Morgan fingerprint density at radius 3 is 2.37 bits per heavy atom. The largest absolute Gasteiger partial charge is 0.493 e. The monoisotopic (exact) mass is 644 g/mol. The van der Waals surface area contributed by atoms with Crippen LogP contribution in [0.5, 0.6) is 11.5 Å².